The third-order valence-corrected chi connectivity index (χ3v) is 8.86. The van der Waals surface area contributed by atoms with Crippen molar-refractivity contribution in [2.75, 3.05) is 13.1 Å². The molecule has 3 heterocycles. The first-order chi connectivity index (χ1) is 17.9. The molecule has 2 aliphatic carbocycles. The summed E-state index contributed by atoms with van der Waals surface area (Å²) < 4.78 is 6.51. The van der Waals surface area contributed by atoms with Crippen LogP contribution >= 0.6 is 0 Å². The van der Waals surface area contributed by atoms with E-state index in [4.69, 9.17) is 9.57 Å². The first kappa shape index (κ1) is 24.2. The Labute approximate surface area is 216 Å². The number of carbonyl (C=O) groups excluding carboxylic acids is 1. The molecule has 198 valence electrons. The predicted molar refractivity (Wildman–Crippen MR) is 133 cm³/mol. The largest absolute Gasteiger partial charge is 0.508 e. The van der Waals surface area contributed by atoms with Crippen LogP contribution < -0.4 is 0 Å². The van der Waals surface area contributed by atoms with Crippen molar-refractivity contribution < 1.29 is 29.4 Å². The number of phenols is 1. The standard InChI is InChI=1S/C28H35N3O6/c1-18-9-10-24-28(15-18)12-14-29(16-19-6-4-8-23(37-24)25(19)28)31(27(34)35)21-11-13-30(26(21)33)36-17-20-5-2-3-7-22(20)32/h2-3,5,7,12,14,18-19,21,24,32H,4,6,8-11,13,15-17H2,1H3,(H,34,35)/t18?,19-,21-,24-,28?/m1/s1. The summed E-state index contributed by atoms with van der Waals surface area (Å²) in [5.74, 6) is 1.61. The van der Waals surface area contributed by atoms with E-state index in [1.54, 1.807) is 29.3 Å². The average molecular weight is 510 g/mol. The number of hydrogen-bond acceptors (Lipinski definition) is 6. The van der Waals surface area contributed by atoms with Crippen LogP contribution in [0, 0.1) is 17.3 Å². The van der Waals surface area contributed by atoms with Crippen molar-refractivity contribution >= 4 is 12.0 Å². The molecule has 2 amide bonds. The van der Waals surface area contributed by atoms with Crippen molar-refractivity contribution in [2.24, 2.45) is 17.3 Å². The summed E-state index contributed by atoms with van der Waals surface area (Å²) in [7, 11) is 0. The van der Waals surface area contributed by atoms with Crippen LogP contribution in [0.5, 0.6) is 5.75 Å². The highest BCUT2D eigenvalue weighted by atomic mass is 16.7. The van der Waals surface area contributed by atoms with Crippen molar-refractivity contribution in [3.05, 3.63) is 53.4 Å². The SMILES string of the molecule is CC1CC[C@H]2OC3=C4[C@H](CCC3)CN(N(C(=O)O)[C@@H]3CCN(OCc5ccccc5O)C3=O)C=CC42C1. The molecule has 5 aliphatic rings. The van der Waals surface area contributed by atoms with Gasteiger partial charge in [0, 0.05) is 30.6 Å². The van der Waals surface area contributed by atoms with Gasteiger partial charge in [0.2, 0.25) is 0 Å². The highest BCUT2D eigenvalue weighted by molar-refractivity contribution is 5.86. The van der Waals surface area contributed by atoms with Crippen LogP contribution in [-0.4, -0.2) is 62.5 Å². The van der Waals surface area contributed by atoms with Gasteiger partial charge in [0.15, 0.2) is 0 Å². The van der Waals surface area contributed by atoms with Gasteiger partial charge in [0.05, 0.1) is 17.7 Å². The molecule has 1 spiro atoms. The van der Waals surface area contributed by atoms with Crippen molar-refractivity contribution in [1.82, 2.24) is 15.1 Å². The lowest BCUT2D eigenvalue weighted by atomic mass is 9.61. The summed E-state index contributed by atoms with van der Waals surface area (Å²) in [6, 6.07) is 5.93. The van der Waals surface area contributed by atoms with Crippen LogP contribution in [0.4, 0.5) is 4.79 Å². The molecule has 9 nitrogen and oxygen atoms in total. The number of carbonyl (C=O) groups is 2. The molecule has 6 rings (SSSR count). The number of amides is 2. The molecule has 1 saturated heterocycles. The van der Waals surface area contributed by atoms with Gasteiger partial charge in [-0.1, -0.05) is 31.2 Å². The van der Waals surface area contributed by atoms with Crippen LogP contribution in [-0.2, 0) is 21.0 Å². The molecule has 3 aliphatic heterocycles. The zero-order valence-corrected chi connectivity index (χ0v) is 21.2. The van der Waals surface area contributed by atoms with Gasteiger partial charge in [-0.15, -0.1) is 0 Å². The number of phenolic OH excluding ortho intramolecular Hbond substituents is 1. The Morgan fingerprint density at radius 2 is 2.08 bits per heavy atom. The van der Waals surface area contributed by atoms with Crippen LogP contribution in [0.2, 0.25) is 0 Å². The first-order valence-electron chi connectivity index (χ1n) is 13.5. The Morgan fingerprint density at radius 1 is 1.24 bits per heavy atom. The fourth-order valence-corrected chi connectivity index (χ4v) is 7.21. The fourth-order valence-electron chi connectivity index (χ4n) is 7.21. The van der Waals surface area contributed by atoms with E-state index in [0.717, 1.165) is 44.3 Å². The average Bonchev–Trinajstić information content (AvgIpc) is 3.34. The highest BCUT2D eigenvalue weighted by Crippen LogP contribution is 2.59. The second-order valence-corrected chi connectivity index (χ2v) is 11.2. The minimum atomic E-state index is -1.15. The van der Waals surface area contributed by atoms with E-state index < -0.39 is 12.1 Å². The Kier molecular flexibility index (Phi) is 6.06. The summed E-state index contributed by atoms with van der Waals surface area (Å²) in [5, 5.41) is 24.5. The Hall–Kier alpha value is -3.20. The van der Waals surface area contributed by atoms with E-state index in [9.17, 15) is 19.8 Å². The first-order valence-corrected chi connectivity index (χ1v) is 13.5. The number of allylic oxidation sites excluding steroid dienone is 1. The maximum atomic E-state index is 13.3. The van der Waals surface area contributed by atoms with E-state index in [1.807, 2.05) is 6.20 Å². The predicted octanol–water partition coefficient (Wildman–Crippen LogP) is 4.41. The minimum Gasteiger partial charge on any atom is -0.508 e. The van der Waals surface area contributed by atoms with E-state index in [2.05, 4.69) is 13.0 Å². The molecule has 0 bridgehead atoms. The quantitative estimate of drug-likeness (QED) is 0.606. The normalized spacial score (nSPS) is 32.6. The van der Waals surface area contributed by atoms with Gasteiger partial charge >= 0.3 is 6.09 Å². The lowest BCUT2D eigenvalue weighted by Crippen LogP contribution is -2.53. The number of nitrogens with zero attached hydrogens (tertiary/aromatic N) is 3. The molecule has 5 atom stereocenters. The zero-order valence-electron chi connectivity index (χ0n) is 21.2. The molecule has 1 aromatic carbocycles. The summed E-state index contributed by atoms with van der Waals surface area (Å²) in [4.78, 5) is 31.6. The second-order valence-electron chi connectivity index (χ2n) is 11.2. The van der Waals surface area contributed by atoms with Gasteiger partial charge in [0.25, 0.3) is 5.91 Å². The highest BCUT2D eigenvalue weighted by Gasteiger charge is 2.56. The van der Waals surface area contributed by atoms with Crippen LogP contribution in [0.25, 0.3) is 0 Å². The van der Waals surface area contributed by atoms with Crippen LogP contribution in [0.15, 0.2) is 47.9 Å². The van der Waals surface area contributed by atoms with Crippen molar-refractivity contribution in [3.63, 3.8) is 0 Å². The summed E-state index contributed by atoms with van der Waals surface area (Å²) in [5.41, 5.74) is 1.77. The molecule has 0 aromatic heterocycles. The van der Waals surface area contributed by atoms with Crippen LogP contribution in [0.3, 0.4) is 0 Å². The molecule has 2 N–H and O–H groups in total. The molecular formula is C28H35N3O6. The lowest BCUT2D eigenvalue weighted by molar-refractivity contribution is -0.186. The second kappa shape index (κ2) is 9.28. The number of hydrazine groups is 1. The van der Waals surface area contributed by atoms with Crippen molar-refractivity contribution in [3.8, 4) is 5.75 Å². The Balaban J connectivity index is 1.24. The molecule has 2 fully saturated rings. The molecule has 0 radical (unpaired) electrons. The van der Waals surface area contributed by atoms with E-state index in [-0.39, 0.29) is 42.2 Å². The molecular weight excluding hydrogens is 474 g/mol. The van der Waals surface area contributed by atoms with Gasteiger partial charge in [-0.25, -0.2) is 14.9 Å². The smallest absolute Gasteiger partial charge is 0.427 e. The maximum absolute atomic E-state index is 13.3. The van der Waals surface area contributed by atoms with E-state index >= 15 is 0 Å². The number of benzene rings is 1. The third-order valence-electron chi connectivity index (χ3n) is 8.86. The number of para-hydroxylation sites is 1. The lowest BCUT2D eigenvalue weighted by Gasteiger charge is -2.41. The van der Waals surface area contributed by atoms with Gasteiger partial charge in [0.1, 0.15) is 24.5 Å². The fraction of sp³-hybridized carbons (Fsp3) is 0.571. The van der Waals surface area contributed by atoms with Gasteiger partial charge in [-0.3, -0.25) is 14.6 Å². The third kappa shape index (κ3) is 4.04. The molecule has 2 unspecified atom stereocenters. The minimum absolute atomic E-state index is 0.0307. The monoisotopic (exact) mass is 509 g/mol. The number of carboxylic acid groups (broad SMARTS) is 1. The Morgan fingerprint density at radius 3 is 2.89 bits per heavy atom. The summed E-state index contributed by atoms with van der Waals surface area (Å²) in [6.45, 7) is 3.12. The van der Waals surface area contributed by atoms with Crippen molar-refractivity contribution in [1.29, 1.82) is 0 Å². The van der Waals surface area contributed by atoms with Gasteiger partial charge in [-0.05, 0) is 56.1 Å². The van der Waals surface area contributed by atoms with E-state index in [1.165, 1.54) is 15.6 Å². The maximum Gasteiger partial charge on any atom is 0.427 e. The molecule has 1 saturated carbocycles. The Bertz CT molecular complexity index is 1150. The van der Waals surface area contributed by atoms with Crippen LogP contribution in [0.1, 0.15) is 57.4 Å². The summed E-state index contributed by atoms with van der Waals surface area (Å²) >= 11 is 0. The van der Waals surface area contributed by atoms with Gasteiger partial charge in [-0.2, -0.15) is 0 Å². The molecule has 9 heteroatoms. The topological polar surface area (TPSA) is 103 Å². The van der Waals surface area contributed by atoms with E-state index in [0.29, 0.717) is 24.4 Å². The number of hydroxylamine groups is 2. The number of ether oxygens (including phenoxy) is 1. The zero-order chi connectivity index (χ0) is 25.7. The number of rotatable bonds is 5. The number of aromatic hydroxyl groups is 1. The molecule has 1 aromatic rings. The van der Waals surface area contributed by atoms with Gasteiger partial charge < -0.3 is 14.9 Å². The number of hydrogen-bond donors (Lipinski definition) is 2. The van der Waals surface area contributed by atoms with Crippen molar-refractivity contribution in [2.45, 2.75) is 70.6 Å². The molecule has 37 heavy (non-hydrogen) atoms. The summed E-state index contributed by atoms with van der Waals surface area (Å²) in [6.07, 6.45) is 9.54.